The third-order valence-electron chi connectivity index (χ3n) is 0.698. The minimum absolute atomic E-state index is 1.62. The van der Waals surface area contributed by atoms with E-state index in [4.69, 9.17) is 21.4 Å². The van der Waals surface area contributed by atoms with Crippen LogP contribution < -0.4 is 0 Å². The summed E-state index contributed by atoms with van der Waals surface area (Å²) in [6, 6.07) is 0. The number of H-pyrrole nitrogens is 1. The molecule has 0 atom stereocenters. The predicted octanol–water partition coefficient (Wildman–Crippen LogP) is 0.974. The second-order valence-corrected chi connectivity index (χ2v) is 4.23. The number of nitrogens with one attached hydrogen (secondary N) is 1. The fraction of sp³-hybridized carbons (Fsp3) is 0.250. The molecule has 108 valence electrons. The van der Waals surface area contributed by atoms with Gasteiger partial charge in [-0.15, -0.1) is 0 Å². The van der Waals surface area contributed by atoms with Crippen LogP contribution >= 0.6 is 0 Å². The molecule has 18 heavy (non-hydrogen) atoms. The van der Waals surface area contributed by atoms with E-state index in [1.165, 1.54) is 0 Å². The molecule has 1 aromatic heterocycles. The Labute approximate surface area is 97.9 Å². The van der Waals surface area contributed by atoms with Crippen molar-refractivity contribution in [2.75, 3.05) is 0 Å². The van der Waals surface area contributed by atoms with E-state index in [0.717, 1.165) is 0 Å². The number of hydrogen-bond acceptors (Lipinski definition) is 5. The first-order valence-electron chi connectivity index (χ1n) is 3.36. The highest BCUT2D eigenvalue weighted by Crippen LogP contribution is 2.20. The molecule has 0 unspecified atom stereocenters. The summed E-state index contributed by atoms with van der Waals surface area (Å²) >= 11 is 0. The molecular weight excluding hydrogens is 315 g/mol. The first kappa shape index (κ1) is 19.1. The SMILES string of the molecule is O=S(=O)(F)F.O=S(=O)(O)C(F)(F)F.c1c[nH]cn1. The van der Waals surface area contributed by atoms with E-state index in [-0.39, 0.29) is 0 Å². The summed E-state index contributed by atoms with van der Waals surface area (Å²) < 4.78 is 94.1. The average Bonchev–Trinajstić information content (AvgIpc) is 2.51. The van der Waals surface area contributed by atoms with Crippen molar-refractivity contribution < 1.29 is 42.3 Å². The molecule has 14 heteroatoms. The minimum Gasteiger partial charge on any atom is -0.351 e. The van der Waals surface area contributed by atoms with E-state index in [1.807, 2.05) is 0 Å². The van der Waals surface area contributed by atoms with E-state index in [1.54, 1.807) is 18.7 Å². The molecule has 0 aliphatic carbocycles. The molecule has 1 aromatic rings. The second kappa shape index (κ2) is 7.22. The van der Waals surface area contributed by atoms with E-state index in [2.05, 4.69) is 9.97 Å². The first-order valence-corrected chi connectivity index (χ1v) is 6.08. The fourth-order valence-corrected chi connectivity index (χ4v) is 0.215. The van der Waals surface area contributed by atoms with Crippen LogP contribution in [0.3, 0.4) is 0 Å². The number of halogens is 5. The topological polar surface area (TPSA) is 117 Å². The third kappa shape index (κ3) is 17.1. The van der Waals surface area contributed by atoms with Gasteiger partial charge in [-0.1, -0.05) is 7.77 Å². The highest BCUT2D eigenvalue weighted by molar-refractivity contribution is 7.86. The molecule has 0 aromatic carbocycles. The molecule has 0 spiro atoms. The van der Waals surface area contributed by atoms with Crippen LogP contribution in [0.1, 0.15) is 0 Å². The third-order valence-corrected chi connectivity index (χ3v) is 1.28. The van der Waals surface area contributed by atoms with Crippen LogP contribution in [0.4, 0.5) is 20.9 Å². The van der Waals surface area contributed by atoms with Gasteiger partial charge in [0.05, 0.1) is 6.33 Å². The summed E-state index contributed by atoms with van der Waals surface area (Å²) in [4.78, 5) is 6.42. The van der Waals surface area contributed by atoms with E-state index in [0.29, 0.717) is 0 Å². The van der Waals surface area contributed by atoms with Crippen LogP contribution in [0.15, 0.2) is 18.7 Å². The van der Waals surface area contributed by atoms with Gasteiger partial charge in [-0.05, 0) is 0 Å². The van der Waals surface area contributed by atoms with E-state index < -0.39 is 26.2 Å². The molecule has 0 saturated carbocycles. The lowest BCUT2D eigenvalue weighted by molar-refractivity contribution is -0.0510. The Kier molecular flexibility index (Phi) is 7.65. The highest BCUT2D eigenvalue weighted by atomic mass is 32.3. The van der Waals surface area contributed by atoms with Gasteiger partial charge in [0.1, 0.15) is 0 Å². The van der Waals surface area contributed by atoms with Crippen LogP contribution in [-0.4, -0.2) is 36.9 Å². The molecule has 0 bridgehead atoms. The van der Waals surface area contributed by atoms with Gasteiger partial charge >= 0.3 is 26.2 Å². The van der Waals surface area contributed by atoms with Crippen molar-refractivity contribution in [3.63, 3.8) is 0 Å². The van der Waals surface area contributed by atoms with Crippen LogP contribution in [0, 0.1) is 0 Å². The van der Waals surface area contributed by atoms with Crippen LogP contribution in [0.2, 0.25) is 0 Å². The Morgan fingerprint density at radius 3 is 1.50 bits per heavy atom. The largest absolute Gasteiger partial charge is 0.522 e. The number of rotatable bonds is 0. The second-order valence-electron chi connectivity index (χ2n) is 2.06. The summed E-state index contributed by atoms with van der Waals surface area (Å²) in [6.07, 6.45) is 5.08. The number of aromatic nitrogens is 2. The molecule has 1 heterocycles. The lowest BCUT2D eigenvalue weighted by Gasteiger charge is -1.97. The first-order chi connectivity index (χ1) is 7.75. The Hall–Kier alpha value is -1.28. The quantitative estimate of drug-likeness (QED) is 0.318. The smallest absolute Gasteiger partial charge is 0.351 e. The maximum Gasteiger partial charge on any atom is 0.522 e. The van der Waals surface area contributed by atoms with Gasteiger partial charge in [0.25, 0.3) is 0 Å². The normalized spacial score (nSPS) is 11.7. The zero-order valence-electron chi connectivity index (χ0n) is 7.97. The monoisotopic (exact) mass is 320 g/mol. The maximum atomic E-state index is 10.7. The van der Waals surface area contributed by atoms with Gasteiger partial charge in [0.2, 0.25) is 0 Å². The van der Waals surface area contributed by atoms with Crippen molar-refractivity contribution in [1.29, 1.82) is 0 Å². The van der Waals surface area contributed by atoms with Gasteiger partial charge in [-0.3, -0.25) is 4.55 Å². The number of imidazole rings is 1. The zero-order valence-corrected chi connectivity index (χ0v) is 9.60. The summed E-state index contributed by atoms with van der Waals surface area (Å²) in [6.45, 7) is 0. The van der Waals surface area contributed by atoms with Crippen molar-refractivity contribution >= 4 is 20.7 Å². The fourth-order valence-electron chi connectivity index (χ4n) is 0.215. The van der Waals surface area contributed by atoms with Crippen LogP contribution in [0.5, 0.6) is 0 Å². The standard InChI is InChI=1S/C3H4N2.CHF3O3S.F2O2S/c1-2-5-3-4-1;2-1(3,4)8(5,6)7;1-5(2,3)4/h1-3H,(H,4,5);(H,5,6,7);. The number of hydrogen-bond donors (Lipinski definition) is 2. The minimum atomic E-state index is -5.84. The summed E-state index contributed by atoms with van der Waals surface area (Å²) in [5.41, 5.74) is -5.53. The van der Waals surface area contributed by atoms with Crippen molar-refractivity contribution in [1.82, 2.24) is 9.97 Å². The van der Waals surface area contributed by atoms with Crippen molar-refractivity contribution in [3.8, 4) is 0 Å². The summed E-state index contributed by atoms with van der Waals surface area (Å²) in [5, 5.41) is 0. The van der Waals surface area contributed by atoms with Gasteiger partial charge in [0, 0.05) is 12.4 Å². The zero-order chi connectivity index (χ0) is 15.0. The molecule has 7 nitrogen and oxygen atoms in total. The Morgan fingerprint density at radius 1 is 1.11 bits per heavy atom. The van der Waals surface area contributed by atoms with Crippen molar-refractivity contribution in [2.24, 2.45) is 0 Å². The molecule has 0 radical (unpaired) electrons. The Bertz CT molecular complexity index is 481. The van der Waals surface area contributed by atoms with Gasteiger partial charge in [-0.2, -0.15) is 30.0 Å². The summed E-state index contributed by atoms with van der Waals surface area (Å²) in [7, 11) is -11.5. The van der Waals surface area contributed by atoms with Crippen LogP contribution in [0.25, 0.3) is 0 Å². The van der Waals surface area contributed by atoms with Crippen molar-refractivity contribution in [2.45, 2.75) is 5.51 Å². The molecule has 0 aliphatic heterocycles. The average molecular weight is 320 g/mol. The van der Waals surface area contributed by atoms with E-state index >= 15 is 0 Å². The van der Waals surface area contributed by atoms with Gasteiger partial charge in [0.15, 0.2) is 0 Å². The molecular formula is C4H5F5N2O5S2. The number of aromatic amines is 1. The maximum absolute atomic E-state index is 10.7. The predicted molar refractivity (Wildman–Crippen MR) is 47.3 cm³/mol. The summed E-state index contributed by atoms with van der Waals surface area (Å²) in [5.74, 6) is 0. The lowest BCUT2D eigenvalue weighted by Crippen LogP contribution is -2.21. The molecule has 1 rings (SSSR count). The highest BCUT2D eigenvalue weighted by Gasteiger charge is 2.44. The molecule has 0 aliphatic rings. The molecule has 0 amide bonds. The lowest BCUT2D eigenvalue weighted by atomic mass is 11.0. The van der Waals surface area contributed by atoms with E-state index in [9.17, 15) is 20.9 Å². The van der Waals surface area contributed by atoms with Gasteiger partial charge in [-0.25, -0.2) is 4.98 Å². The molecule has 0 fully saturated rings. The van der Waals surface area contributed by atoms with Crippen LogP contribution in [-0.2, 0) is 20.7 Å². The molecule has 2 N–H and O–H groups in total. The Morgan fingerprint density at radius 2 is 1.44 bits per heavy atom. The molecule has 0 saturated heterocycles. The van der Waals surface area contributed by atoms with Gasteiger partial charge < -0.3 is 4.98 Å². The van der Waals surface area contributed by atoms with Crippen molar-refractivity contribution in [3.05, 3.63) is 18.7 Å². The Balaban J connectivity index is 0. The number of nitrogens with zero attached hydrogens (tertiary/aromatic N) is 1. The number of alkyl halides is 3.